The summed E-state index contributed by atoms with van der Waals surface area (Å²) in [5.74, 6) is -2.13. The molecule has 232 valence electrons. The van der Waals surface area contributed by atoms with E-state index in [1.807, 2.05) is 6.92 Å². The molecule has 41 heavy (non-hydrogen) atoms. The standard InChI is InChI=1S/C31H44F4O6/c1-4-29(31(33,34)35,24(37)41-30(5-2)21-7-18-6-19(9-21)10-22(30)8-18)14-25(3,32)23(36)40-28-13-20-11-26(38,16-28)15-27(39,12-20)17-28/h18-22,38-39H,4-17H2,1-3H3. The average molecular weight is 589 g/mol. The summed E-state index contributed by atoms with van der Waals surface area (Å²) in [4.78, 5) is 27.1. The number of alkyl halides is 4. The fourth-order valence-corrected chi connectivity index (χ4v) is 11.1. The smallest absolute Gasteiger partial charge is 0.405 e. The SMILES string of the molecule is CCC1(OC(=O)C(CC)(CC(C)(F)C(=O)OC23CC4CC(O)(CC(O)(C4)C2)C3)C(F)(F)F)C2CC3CC(C2)CC1C3. The third-order valence-electron chi connectivity index (χ3n) is 12.2. The van der Waals surface area contributed by atoms with Crippen molar-refractivity contribution in [2.24, 2.45) is 35.0 Å². The van der Waals surface area contributed by atoms with E-state index < -0.39 is 64.4 Å². The first-order chi connectivity index (χ1) is 18.9. The lowest BCUT2D eigenvalue weighted by Crippen LogP contribution is -2.67. The maximum Gasteiger partial charge on any atom is 0.405 e. The molecule has 0 aliphatic heterocycles. The van der Waals surface area contributed by atoms with Gasteiger partial charge in [-0.3, -0.25) is 4.79 Å². The molecule has 0 heterocycles. The first kappa shape index (κ1) is 29.6. The van der Waals surface area contributed by atoms with Crippen LogP contribution in [0.4, 0.5) is 17.6 Å². The average Bonchev–Trinajstić information content (AvgIpc) is 2.81. The Hall–Kier alpha value is -1.42. The Morgan fingerprint density at radius 2 is 1.32 bits per heavy atom. The molecular formula is C31H44F4O6. The van der Waals surface area contributed by atoms with E-state index in [2.05, 4.69) is 0 Å². The summed E-state index contributed by atoms with van der Waals surface area (Å²) < 4.78 is 72.6. The van der Waals surface area contributed by atoms with E-state index in [1.165, 1.54) is 6.92 Å². The van der Waals surface area contributed by atoms with E-state index in [9.17, 15) is 33.0 Å². The minimum atomic E-state index is -5.17. The van der Waals surface area contributed by atoms with Gasteiger partial charge in [-0.15, -0.1) is 0 Å². The van der Waals surface area contributed by atoms with Gasteiger partial charge in [0.1, 0.15) is 11.2 Å². The monoisotopic (exact) mass is 588 g/mol. The van der Waals surface area contributed by atoms with Crippen molar-refractivity contribution in [3.8, 4) is 0 Å². The maximum atomic E-state index is 16.3. The highest BCUT2D eigenvalue weighted by Crippen LogP contribution is 2.63. The van der Waals surface area contributed by atoms with Crippen molar-refractivity contribution in [1.82, 2.24) is 0 Å². The predicted octanol–water partition coefficient (Wildman–Crippen LogP) is 5.95. The topological polar surface area (TPSA) is 93.1 Å². The van der Waals surface area contributed by atoms with Crippen LogP contribution < -0.4 is 0 Å². The second-order valence-electron chi connectivity index (χ2n) is 15.3. The number of carbonyl (C=O) groups excluding carboxylic acids is 2. The van der Waals surface area contributed by atoms with Crippen LogP contribution in [0.3, 0.4) is 0 Å². The van der Waals surface area contributed by atoms with Crippen molar-refractivity contribution in [3.63, 3.8) is 0 Å². The molecule has 10 heteroatoms. The molecule has 0 amide bonds. The van der Waals surface area contributed by atoms with Gasteiger partial charge in [-0.1, -0.05) is 13.8 Å². The zero-order chi connectivity index (χ0) is 29.9. The van der Waals surface area contributed by atoms with Crippen LogP contribution in [-0.2, 0) is 19.1 Å². The van der Waals surface area contributed by atoms with Gasteiger partial charge in [-0.05, 0) is 101 Å². The number of hydrogen-bond donors (Lipinski definition) is 2. The summed E-state index contributed by atoms with van der Waals surface area (Å²) in [5, 5.41) is 22.0. The van der Waals surface area contributed by atoms with Crippen LogP contribution in [-0.4, -0.2) is 56.4 Å². The van der Waals surface area contributed by atoms with E-state index in [0.717, 1.165) is 39.0 Å². The van der Waals surface area contributed by atoms with Crippen molar-refractivity contribution in [1.29, 1.82) is 0 Å². The first-order valence-electron chi connectivity index (χ1n) is 15.6. The van der Waals surface area contributed by atoms with E-state index in [0.29, 0.717) is 37.5 Å². The van der Waals surface area contributed by atoms with E-state index in [1.54, 1.807) is 0 Å². The molecule has 8 bridgehead atoms. The third kappa shape index (κ3) is 4.54. The molecule has 8 aliphatic carbocycles. The van der Waals surface area contributed by atoms with Gasteiger partial charge < -0.3 is 19.7 Å². The Bertz CT molecular complexity index is 1060. The summed E-state index contributed by atoms with van der Waals surface area (Å²) >= 11 is 0. The normalized spacial score (nSPS) is 47.1. The number of aliphatic hydroxyl groups is 2. The highest BCUT2D eigenvalue weighted by Gasteiger charge is 2.69. The molecule has 0 spiro atoms. The summed E-state index contributed by atoms with van der Waals surface area (Å²) in [6.45, 7) is 3.76. The van der Waals surface area contributed by atoms with Gasteiger partial charge in [0.15, 0.2) is 5.41 Å². The molecule has 8 saturated carbocycles. The number of halogens is 4. The Morgan fingerprint density at radius 1 is 0.780 bits per heavy atom. The minimum Gasteiger partial charge on any atom is -0.458 e. The second kappa shape index (κ2) is 9.05. The molecule has 4 unspecified atom stereocenters. The number of rotatable bonds is 8. The Kier molecular flexibility index (Phi) is 6.55. The lowest BCUT2D eigenvalue weighted by atomic mass is 9.49. The molecule has 8 rings (SSSR count). The van der Waals surface area contributed by atoms with Crippen LogP contribution in [0.25, 0.3) is 0 Å². The van der Waals surface area contributed by atoms with Gasteiger partial charge in [0.2, 0.25) is 5.67 Å². The number of esters is 2. The number of hydrogen-bond acceptors (Lipinski definition) is 6. The fraction of sp³-hybridized carbons (Fsp3) is 0.935. The van der Waals surface area contributed by atoms with Crippen LogP contribution in [0.2, 0.25) is 0 Å². The second-order valence-corrected chi connectivity index (χ2v) is 15.3. The van der Waals surface area contributed by atoms with Crippen molar-refractivity contribution in [2.45, 2.75) is 145 Å². The van der Waals surface area contributed by atoms with Crippen LogP contribution in [0.1, 0.15) is 111 Å². The predicted molar refractivity (Wildman–Crippen MR) is 139 cm³/mol. The van der Waals surface area contributed by atoms with E-state index in [4.69, 9.17) is 9.47 Å². The van der Waals surface area contributed by atoms with Gasteiger partial charge in [-0.25, -0.2) is 9.18 Å². The van der Waals surface area contributed by atoms with Crippen molar-refractivity contribution >= 4 is 11.9 Å². The maximum absolute atomic E-state index is 16.3. The molecule has 8 aliphatic rings. The first-order valence-corrected chi connectivity index (χ1v) is 15.6. The summed E-state index contributed by atoms with van der Waals surface area (Å²) in [6, 6.07) is 0. The minimum absolute atomic E-state index is 0.00461. The van der Waals surface area contributed by atoms with Crippen molar-refractivity contribution in [3.05, 3.63) is 0 Å². The summed E-state index contributed by atoms with van der Waals surface area (Å²) in [5.41, 5.74) is -11.3. The molecule has 0 radical (unpaired) electrons. The van der Waals surface area contributed by atoms with Crippen LogP contribution in [0.5, 0.6) is 0 Å². The van der Waals surface area contributed by atoms with Crippen LogP contribution in [0.15, 0.2) is 0 Å². The lowest BCUT2D eigenvalue weighted by Gasteiger charge is -2.62. The van der Waals surface area contributed by atoms with Gasteiger partial charge in [0.05, 0.1) is 11.2 Å². The third-order valence-corrected chi connectivity index (χ3v) is 12.2. The molecule has 2 N–H and O–H groups in total. The van der Waals surface area contributed by atoms with Gasteiger partial charge in [0.25, 0.3) is 0 Å². The molecular weight excluding hydrogens is 544 g/mol. The highest BCUT2D eigenvalue weighted by molar-refractivity contribution is 5.83. The number of carbonyl (C=O) groups is 2. The Balaban J connectivity index is 1.25. The van der Waals surface area contributed by atoms with Crippen LogP contribution >= 0.6 is 0 Å². The summed E-state index contributed by atoms with van der Waals surface area (Å²) in [7, 11) is 0. The lowest BCUT2D eigenvalue weighted by molar-refractivity contribution is -0.272. The molecule has 0 aromatic carbocycles. The Labute approximate surface area is 238 Å². The van der Waals surface area contributed by atoms with Gasteiger partial charge >= 0.3 is 18.1 Å². The zero-order valence-electron chi connectivity index (χ0n) is 24.3. The molecule has 6 nitrogen and oxygen atoms in total. The largest absolute Gasteiger partial charge is 0.458 e. The highest BCUT2D eigenvalue weighted by atomic mass is 19.4. The molecule has 0 saturated heterocycles. The molecule has 4 atom stereocenters. The van der Waals surface area contributed by atoms with Gasteiger partial charge in [0, 0.05) is 25.7 Å². The van der Waals surface area contributed by atoms with E-state index in [-0.39, 0.29) is 37.0 Å². The molecule has 8 fully saturated rings. The fourth-order valence-electron chi connectivity index (χ4n) is 11.1. The van der Waals surface area contributed by atoms with Crippen molar-refractivity contribution in [2.75, 3.05) is 0 Å². The summed E-state index contributed by atoms with van der Waals surface area (Å²) in [6.07, 6.45) is -1.25. The molecule has 0 aromatic rings. The van der Waals surface area contributed by atoms with Crippen LogP contribution in [0, 0.1) is 35.0 Å². The van der Waals surface area contributed by atoms with Gasteiger partial charge in [-0.2, -0.15) is 13.2 Å². The zero-order valence-corrected chi connectivity index (χ0v) is 24.3. The Morgan fingerprint density at radius 3 is 1.76 bits per heavy atom. The number of ether oxygens (including phenoxy) is 2. The van der Waals surface area contributed by atoms with E-state index >= 15 is 4.39 Å². The quantitative estimate of drug-likeness (QED) is 0.269. The molecule has 0 aromatic heterocycles. The van der Waals surface area contributed by atoms with Crippen molar-refractivity contribution < 1.29 is 46.8 Å².